The van der Waals surface area contributed by atoms with Crippen LogP contribution in [0.2, 0.25) is 0 Å². The number of rotatable bonds is 3. The van der Waals surface area contributed by atoms with Crippen molar-refractivity contribution in [2.24, 2.45) is 11.8 Å². The number of pyridine rings is 1. The van der Waals surface area contributed by atoms with Crippen LogP contribution in [0.3, 0.4) is 0 Å². The molecule has 0 amide bonds. The first-order valence-corrected chi connectivity index (χ1v) is 7.65. The summed E-state index contributed by atoms with van der Waals surface area (Å²) in [6.45, 7) is 10.1. The second-order valence-corrected chi connectivity index (χ2v) is 7.19. The molecule has 1 fully saturated rings. The van der Waals surface area contributed by atoms with Crippen LogP contribution in [-0.2, 0) is 5.41 Å². The molecule has 1 saturated carbocycles. The summed E-state index contributed by atoms with van der Waals surface area (Å²) >= 11 is 0. The molecule has 106 valence electrons. The van der Waals surface area contributed by atoms with E-state index in [1.165, 1.54) is 31.2 Å². The lowest BCUT2D eigenvalue weighted by Crippen LogP contribution is -2.20. The van der Waals surface area contributed by atoms with Gasteiger partial charge in [-0.2, -0.15) is 0 Å². The van der Waals surface area contributed by atoms with Crippen molar-refractivity contribution in [2.75, 3.05) is 11.9 Å². The molecule has 0 unspecified atom stereocenters. The lowest BCUT2D eigenvalue weighted by atomic mass is 9.83. The third-order valence-electron chi connectivity index (χ3n) is 4.34. The average Bonchev–Trinajstić information content (AvgIpc) is 2.37. The number of nitrogens with one attached hydrogen (secondary N) is 1. The van der Waals surface area contributed by atoms with E-state index in [2.05, 4.69) is 50.1 Å². The van der Waals surface area contributed by atoms with E-state index in [-0.39, 0.29) is 5.41 Å². The van der Waals surface area contributed by atoms with Crippen molar-refractivity contribution >= 4 is 5.82 Å². The smallest absolute Gasteiger partial charge is 0.125 e. The largest absolute Gasteiger partial charge is 0.370 e. The van der Waals surface area contributed by atoms with Gasteiger partial charge < -0.3 is 5.32 Å². The van der Waals surface area contributed by atoms with Gasteiger partial charge in [0.15, 0.2) is 0 Å². The molecule has 2 heteroatoms. The van der Waals surface area contributed by atoms with Gasteiger partial charge in [0.2, 0.25) is 0 Å². The maximum absolute atomic E-state index is 4.53. The molecule has 1 aliphatic rings. The Morgan fingerprint density at radius 1 is 1.16 bits per heavy atom. The van der Waals surface area contributed by atoms with E-state index in [4.69, 9.17) is 0 Å². The summed E-state index contributed by atoms with van der Waals surface area (Å²) in [6, 6.07) is 4.31. The predicted octanol–water partition coefficient (Wildman–Crippen LogP) is 4.62. The van der Waals surface area contributed by atoms with E-state index < -0.39 is 0 Å². The van der Waals surface area contributed by atoms with E-state index in [9.17, 15) is 0 Å². The molecule has 1 heterocycles. The highest BCUT2D eigenvalue weighted by Gasteiger charge is 2.18. The van der Waals surface area contributed by atoms with Gasteiger partial charge in [-0.3, -0.25) is 0 Å². The Balaban J connectivity index is 1.83. The van der Waals surface area contributed by atoms with Crippen molar-refractivity contribution in [2.45, 2.75) is 58.8 Å². The molecule has 1 aliphatic carbocycles. The number of anilines is 1. The van der Waals surface area contributed by atoms with Crippen LogP contribution in [0.25, 0.3) is 0 Å². The summed E-state index contributed by atoms with van der Waals surface area (Å²) in [5, 5.41) is 3.50. The molecular formula is C17H28N2. The molecular weight excluding hydrogens is 232 g/mol. The van der Waals surface area contributed by atoms with E-state index >= 15 is 0 Å². The van der Waals surface area contributed by atoms with Crippen molar-refractivity contribution in [3.63, 3.8) is 0 Å². The molecule has 2 nitrogen and oxygen atoms in total. The second-order valence-electron chi connectivity index (χ2n) is 7.19. The van der Waals surface area contributed by atoms with Crippen molar-refractivity contribution in [1.82, 2.24) is 4.98 Å². The zero-order chi connectivity index (χ0) is 13.9. The first-order valence-electron chi connectivity index (χ1n) is 7.65. The molecule has 0 aliphatic heterocycles. The molecule has 1 aromatic heterocycles. The number of hydrogen-bond acceptors (Lipinski definition) is 2. The lowest BCUT2D eigenvalue weighted by molar-refractivity contribution is 0.300. The zero-order valence-electron chi connectivity index (χ0n) is 12.9. The molecule has 2 rings (SSSR count). The SMILES string of the molecule is CC1CCC(CNc2ccc(C(C)(C)C)cn2)CC1. The topological polar surface area (TPSA) is 24.9 Å². The predicted molar refractivity (Wildman–Crippen MR) is 82.5 cm³/mol. The van der Waals surface area contributed by atoms with Gasteiger partial charge in [-0.15, -0.1) is 0 Å². The van der Waals surface area contributed by atoms with Gasteiger partial charge >= 0.3 is 0 Å². The van der Waals surface area contributed by atoms with Gasteiger partial charge in [-0.05, 0) is 41.7 Å². The minimum atomic E-state index is 0.186. The highest BCUT2D eigenvalue weighted by molar-refractivity contribution is 5.37. The summed E-state index contributed by atoms with van der Waals surface area (Å²) in [5.41, 5.74) is 1.48. The third kappa shape index (κ3) is 4.22. The molecule has 0 saturated heterocycles. The van der Waals surface area contributed by atoms with Crippen molar-refractivity contribution in [3.05, 3.63) is 23.9 Å². The first kappa shape index (κ1) is 14.4. The van der Waals surface area contributed by atoms with Gasteiger partial charge in [0.1, 0.15) is 5.82 Å². The van der Waals surface area contributed by atoms with E-state index in [0.717, 1.165) is 24.2 Å². The minimum absolute atomic E-state index is 0.186. The normalized spacial score (nSPS) is 24.2. The van der Waals surface area contributed by atoms with Crippen LogP contribution in [0.5, 0.6) is 0 Å². The quantitative estimate of drug-likeness (QED) is 0.858. The van der Waals surface area contributed by atoms with Crippen molar-refractivity contribution in [3.8, 4) is 0 Å². The minimum Gasteiger partial charge on any atom is -0.370 e. The summed E-state index contributed by atoms with van der Waals surface area (Å²) in [5.74, 6) is 2.78. The summed E-state index contributed by atoms with van der Waals surface area (Å²) < 4.78 is 0. The van der Waals surface area contributed by atoms with E-state index in [1.54, 1.807) is 0 Å². The van der Waals surface area contributed by atoms with Gasteiger partial charge in [0, 0.05) is 12.7 Å². The van der Waals surface area contributed by atoms with Gasteiger partial charge in [0.25, 0.3) is 0 Å². The van der Waals surface area contributed by atoms with Gasteiger partial charge in [-0.25, -0.2) is 4.98 Å². The monoisotopic (exact) mass is 260 g/mol. The average molecular weight is 260 g/mol. The van der Waals surface area contributed by atoms with E-state index in [1.807, 2.05) is 6.20 Å². The summed E-state index contributed by atoms with van der Waals surface area (Å²) in [7, 11) is 0. The Bertz CT molecular complexity index is 381. The van der Waals surface area contributed by atoms with Crippen LogP contribution in [0.15, 0.2) is 18.3 Å². The van der Waals surface area contributed by atoms with Gasteiger partial charge in [0.05, 0.1) is 0 Å². The molecule has 1 aromatic rings. The van der Waals surface area contributed by atoms with Crippen LogP contribution < -0.4 is 5.32 Å². The number of aromatic nitrogens is 1. The second kappa shape index (κ2) is 5.94. The number of hydrogen-bond donors (Lipinski definition) is 1. The molecule has 0 radical (unpaired) electrons. The zero-order valence-corrected chi connectivity index (χ0v) is 12.9. The van der Waals surface area contributed by atoms with Crippen LogP contribution in [0.4, 0.5) is 5.82 Å². The molecule has 0 spiro atoms. The standard InChI is InChI=1S/C17H28N2/c1-13-5-7-14(8-6-13)11-18-16-10-9-15(12-19-16)17(2,3)4/h9-10,12-14H,5-8,11H2,1-4H3,(H,18,19). The van der Waals surface area contributed by atoms with Crippen LogP contribution >= 0.6 is 0 Å². The maximum Gasteiger partial charge on any atom is 0.125 e. The Morgan fingerprint density at radius 3 is 2.37 bits per heavy atom. The molecule has 1 N–H and O–H groups in total. The fourth-order valence-corrected chi connectivity index (χ4v) is 2.72. The molecule has 0 aromatic carbocycles. The summed E-state index contributed by atoms with van der Waals surface area (Å²) in [6.07, 6.45) is 7.53. The Morgan fingerprint density at radius 2 is 1.84 bits per heavy atom. The van der Waals surface area contributed by atoms with Crippen LogP contribution in [0.1, 0.15) is 58.9 Å². The van der Waals surface area contributed by atoms with Crippen molar-refractivity contribution in [1.29, 1.82) is 0 Å². The fourth-order valence-electron chi connectivity index (χ4n) is 2.72. The lowest BCUT2D eigenvalue weighted by Gasteiger charge is -2.26. The molecule has 0 bridgehead atoms. The van der Waals surface area contributed by atoms with Gasteiger partial charge in [-0.1, -0.05) is 46.6 Å². The highest BCUT2D eigenvalue weighted by atomic mass is 15.0. The van der Waals surface area contributed by atoms with Crippen molar-refractivity contribution < 1.29 is 0 Å². The number of nitrogens with zero attached hydrogens (tertiary/aromatic N) is 1. The Labute approximate surface area is 118 Å². The van der Waals surface area contributed by atoms with E-state index in [0.29, 0.717) is 0 Å². The molecule has 0 atom stereocenters. The highest BCUT2D eigenvalue weighted by Crippen LogP contribution is 2.28. The first-order chi connectivity index (χ1) is 8.95. The Kier molecular flexibility index (Phi) is 4.49. The molecule has 19 heavy (non-hydrogen) atoms. The third-order valence-corrected chi connectivity index (χ3v) is 4.34. The fraction of sp³-hybridized carbons (Fsp3) is 0.706. The Hall–Kier alpha value is -1.05. The van der Waals surface area contributed by atoms with Crippen LogP contribution in [0, 0.1) is 11.8 Å². The maximum atomic E-state index is 4.53. The summed E-state index contributed by atoms with van der Waals surface area (Å²) in [4.78, 5) is 4.53. The van der Waals surface area contributed by atoms with Crippen LogP contribution in [-0.4, -0.2) is 11.5 Å².